The SMILES string of the molecule is Cn1c(O)c(C(=O)NCC(=O)O)c(=O)n(C)c1=O. The van der Waals surface area contributed by atoms with Crippen molar-refractivity contribution in [3.63, 3.8) is 0 Å². The van der Waals surface area contributed by atoms with Gasteiger partial charge in [-0.25, -0.2) is 4.79 Å². The largest absolute Gasteiger partial charge is 0.494 e. The van der Waals surface area contributed by atoms with Gasteiger partial charge in [-0.15, -0.1) is 0 Å². The van der Waals surface area contributed by atoms with Crippen LogP contribution in [-0.4, -0.2) is 37.8 Å². The molecule has 18 heavy (non-hydrogen) atoms. The summed E-state index contributed by atoms with van der Waals surface area (Å²) in [5.74, 6) is -3.18. The molecule has 0 aliphatic rings. The Morgan fingerprint density at radius 1 is 1.22 bits per heavy atom. The second-order valence-corrected chi connectivity index (χ2v) is 3.48. The molecule has 0 saturated carbocycles. The molecule has 9 nitrogen and oxygen atoms in total. The van der Waals surface area contributed by atoms with Crippen molar-refractivity contribution in [2.75, 3.05) is 6.54 Å². The number of nitrogens with one attached hydrogen (secondary N) is 1. The van der Waals surface area contributed by atoms with Gasteiger partial charge in [-0.2, -0.15) is 0 Å². The molecule has 0 aliphatic carbocycles. The van der Waals surface area contributed by atoms with Crippen LogP contribution >= 0.6 is 0 Å². The molecule has 0 spiro atoms. The summed E-state index contributed by atoms with van der Waals surface area (Å²) in [4.78, 5) is 44.8. The first-order valence-electron chi connectivity index (χ1n) is 4.76. The first kappa shape index (κ1) is 13.5. The molecule has 98 valence electrons. The van der Waals surface area contributed by atoms with E-state index in [0.29, 0.717) is 9.13 Å². The summed E-state index contributed by atoms with van der Waals surface area (Å²) in [5, 5.41) is 19.9. The van der Waals surface area contributed by atoms with Crippen LogP contribution in [0, 0.1) is 0 Å². The van der Waals surface area contributed by atoms with Crippen LogP contribution in [0.15, 0.2) is 9.59 Å². The molecule has 0 aliphatic heterocycles. The Morgan fingerprint density at radius 3 is 2.28 bits per heavy atom. The van der Waals surface area contributed by atoms with Gasteiger partial charge in [-0.1, -0.05) is 0 Å². The van der Waals surface area contributed by atoms with Crippen molar-refractivity contribution in [3.05, 3.63) is 26.4 Å². The third kappa shape index (κ3) is 2.24. The minimum Gasteiger partial charge on any atom is -0.494 e. The summed E-state index contributed by atoms with van der Waals surface area (Å²) in [5.41, 5.74) is -2.48. The topological polar surface area (TPSA) is 131 Å². The highest BCUT2D eigenvalue weighted by molar-refractivity contribution is 5.97. The number of amides is 1. The first-order valence-corrected chi connectivity index (χ1v) is 4.76. The number of carboxylic acid groups (broad SMARTS) is 1. The molecular formula is C9H11N3O6. The molecule has 0 bridgehead atoms. The first-order chi connectivity index (χ1) is 8.27. The highest BCUT2D eigenvalue weighted by atomic mass is 16.4. The molecule has 0 saturated heterocycles. The lowest BCUT2D eigenvalue weighted by atomic mass is 10.3. The number of hydrogen-bond donors (Lipinski definition) is 3. The highest BCUT2D eigenvalue weighted by Crippen LogP contribution is 2.07. The molecule has 0 unspecified atom stereocenters. The lowest BCUT2D eigenvalue weighted by molar-refractivity contribution is -0.135. The Kier molecular flexibility index (Phi) is 3.55. The van der Waals surface area contributed by atoms with E-state index < -0.39 is 41.1 Å². The van der Waals surface area contributed by atoms with E-state index in [2.05, 4.69) is 0 Å². The number of aliphatic carboxylic acids is 1. The van der Waals surface area contributed by atoms with Crippen LogP contribution in [0.3, 0.4) is 0 Å². The summed E-state index contributed by atoms with van der Waals surface area (Å²) in [7, 11) is 2.31. The fraction of sp³-hybridized carbons (Fsp3) is 0.333. The van der Waals surface area contributed by atoms with Gasteiger partial charge in [0.05, 0.1) is 0 Å². The fourth-order valence-corrected chi connectivity index (χ4v) is 1.28. The fourth-order valence-electron chi connectivity index (χ4n) is 1.28. The number of rotatable bonds is 3. The van der Waals surface area contributed by atoms with Gasteiger partial charge in [0.2, 0.25) is 5.88 Å². The standard InChI is InChI=1S/C9H11N3O6/c1-11-7(16)5(6(15)10-3-4(13)14)8(17)12(2)9(11)18/h16H,3H2,1-2H3,(H,10,15)(H,13,14). The quantitative estimate of drug-likeness (QED) is 0.553. The summed E-state index contributed by atoms with van der Waals surface area (Å²) in [6, 6.07) is 0. The van der Waals surface area contributed by atoms with E-state index in [4.69, 9.17) is 5.11 Å². The van der Waals surface area contributed by atoms with Gasteiger partial charge in [0.25, 0.3) is 11.5 Å². The van der Waals surface area contributed by atoms with E-state index in [9.17, 15) is 24.3 Å². The second kappa shape index (κ2) is 4.73. The summed E-state index contributed by atoms with van der Waals surface area (Å²) in [6.07, 6.45) is 0. The number of carbonyl (C=O) groups excluding carboxylic acids is 1. The number of carboxylic acids is 1. The van der Waals surface area contributed by atoms with Gasteiger partial charge < -0.3 is 15.5 Å². The van der Waals surface area contributed by atoms with Crippen LogP contribution in [0.1, 0.15) is 10.4 Å². The number of aromatic hydroxyl groups is 1. The van der Waals surface area contributed by atoms with E-state index in [1.165, 1.54) is 7.05 Å². The minimum absolute atomic E-state index is 0.634. The maximum atomic E-state index is 11.6. The molecule has 0 aromatic carbocycles. The Hall–Kier alpha value is -2.58. The maximum absolute atomic E-state index is 11.6. The number of hydrogen-bond acceptors (Lipinski definition) is 5. The molecule has 3 N–H and O–H groups in total. The van der Waals surface area contributed by atoms with Crippen molar-refractivity contribution in [1.29, 1.82) is 0 Å². The van der Waals surface area contributed by atoms with Crippen LogP contribution in [0.2, 0.25) is 0 Å². The van der Waals surface area contributed by atoms with Crippen molar-refractivity contribution < 1.29 is 19.8 Å². The van der Waals surface area contributed by atoms with Gasteiger partial charge in [0, 0.05) is 14.1 Å². The molecule has 1 heterocycles. The maximum Gasteiger partial charge on any atom is 0.333 e. The monoisotopic (exact) mass is 257 g/mol. The minimum atomic E-state index is -1.30. The summed E-state index contributed by atoms with van der Waals surface area (Å²) in [6.45, 7) is -0.704. The lowest BCUT2D eigenvalue weighted by Gasteiger charge is -2.09. The van der Waals surface area contributed by atoms with Crippen LogP contribution in [0.25, 0.3) is 0 Å². The van der Waals surface area contributed by atoms with Crippen molar-refractivity contribution in [2.45, 2.75) is 0 Å². The molecular weight excluding hydrogens is 246 g/mol. The Labute approximate surface area is 99.9 Å². The Morgan fingerprint density at radius 2 is 1.78 bits per heavy atom. The van der Waals surface area contributed by atoms with Crippen LogP contribution in [0.5, 0.6) is 5.88 Å². The van der Waals surface area contributed by atoms with Crippen LogP contribution < -0.4 is 16.6 Å². The predicted octanol–water partition coefficient (Wildman–Crippen LogP) is -2.40. The molecule has 1 aromatic rings. The van der Waals surface area contributed by atoms with Gasteiger partial charge in [-0.3, -0.25) is 23.5 Å². The average Bonchev–Trinajstić information content (AvgIpc) is 2.31. The average molecular weight is 257 g/mol. The van der Waals surface area contributed by atoms with Crippen LogP contribution in [-0.2, 0) is 18.9 Å². The van der Waals surface area contributed by atoms with E-state index in [1.54, 1.807) is 0 Å². The zero-order valence-corrected chi connectivity index (χ0v) is 9.63. The molecule has 1 rings (SSSR count). The summed E-state index contributed by atoms with van der Waals surface area (Å²) < 4.78 is 1.34. The Balaban J connectivity index is 3.34. The van der Waals surface area contributed by atoms with Crippen molar-refractivity contribution in [1.82, 2.24) is 14.5 Å². The predicted molar refractivity (Wildman–Crippen MR) is 58.6 cm³/mol. The van der Waals surface area contributed by atoms with Crippen LogP contribution in [0.4, 0.5) is 0 Å². The van der Waals surface area contributed by atoms with E-state index >= 15 is 0 Å². The zero-order chi connectivity index (χ0) is 14.0. The summed E-state index contributed by atoms with van der Waals surface area (Å²) >= 11 is 0. The number of carbonyl (C=O) groups is 2. The second-order valence-electron chi connectivity index (χ2n) is 3.48. The molecule has 0 atom stereocenters. The molecule has 1 aromatic heterocycles. The number of nitrogens with zero attached hydrogens (tertiary/aromatic N) is 2. The molecule has 0 radical (unpaired) electrons. The Bertz CT molecular complexity index is 626. The normalized spacial score (nSPS) is 10.1. The molecule has 1 amide bonds. The lowest BCUT2D eigenvalue weighted by Crippen LogP contribution is -2.42. The third-order valence-electron chi connectivity index (χ3n) is 2.26. The van der Waals surface area contributed by atoms with E-state index in [0.717, 1.165) is 7.05 Å². The smallest absolute Gasteiger partial charge is 0.333 e. The molecule has 0 fully saturated rings. The van der Waals surface area contributed by atoms with Gasteiger partial charge >= 0.3 is 11.7 Å². The highest BCUT2D eigenvalue weighted by Gasteiger charge is 2.21. The third-order valence-corrected chi connectivity index (χ3v) is 2.26. The van der Waals surface area contributed by atoms with Gasteiger partial charge in [0.15, 0.2) is 5.56 Å². The van der Waals surface area contributed by atoms with Crippen molar-refractivity contribution in [2.24, 2.45) is 14.1 Å². The van der Waals surface area contributed by atoms with Crippen molar-refractivity contribution >= 4 is 11.9 Å². The van der Waals surface area contributed by atoms with E-state index in [-0.39, 0.29) is 0 Å². The zero-order valence-electron chi connectivity index (χ0n) is 9.63. The number of aromatic nitrogens is 2. The molecule has 9 heteroatoms. The van der Waals surface area contributed by atoms with Crippen molar-refractivity contribution in [3.8, 4) is 5.88 Å². The van der Waals surface area contributed by atoms with E-state index in [1.807, 2.05) is 5.32 Å². The van der Waals surface area contributed by atoms with Gasteiger partial charge in [-0.05, 0) is 0 Å². The van der Waals surface area contributed by atoms with Gasteiger partial charge in [0.1, 0.15) is 6.54 Å².